The van der Waals surface area contributed by atoms with Gasteiger partial charge in [-0.25, -0.2) is 8.42 Å². The summed E-state index contributed by atoms with van der Waals surface area (Å²) in [5, 5.41) is 0. The number of hydrogen-bond acceptors (Lipinski definition) is 2. The van der Waals surface area contributed by atoms with E-state index in [2.05, 4.69) is 0 Å². The van der Waals surface area contributed by atoms with Crippen LogP contribution in [0.2, 0.25) is 0 Å². The van der Waals surface area contributed by atoms with Crippen LogP contribution in [0.1, 0.15) is 26.3 Å². The van der Waals surface area contributed by atoms with Crippen LogP contribution in [0, 0.1) is 0 Å². The summed E-state index contributed by atoms with van der Waals surface area (Å²) in [6.07, 6.45) is 0. The first-order valence-corrected chi connectivity index (χ1v) is 7.86. The highest BCUT2D eigenvalue weighted by molar-refractivity contribution is 7.90. The Morgan fingerprint density at radius 1 is 1.17 bits per heavy atom. The van der Waals surface area contributed by atoms with E-state index in [-0.39, 0.29) is 0 Å². The molecule has 0 amide bonds. The van der Waals surface area contributed by atoms with Gasteiger partial charge in [-0.1, -0.05) is 30.3 Å². The van der Waals surface area contributed by atoms with Crippen LogP contribution in [0.4, 0.5) is 0 Å². The Hall–Kier alpha value is -0.580. The van der Waals surface area contributed by atoms with Crippen molar-refractivity contribution >= 4 is 21.6 Å². The fourth-order valence-electron chi connectivity index (χ4n) is 1.55. The van der Waals surface area contributed by atoms with Gasteiger partial charge in [0.15, 0.2) is 0 Å². The van der Waals surface area contributed by atoms with Crippen LogP contribution in [0.3, 0.4) is 0 Å². The zero-order valence-electron chi connectivity index (χ0n) is 11.1. The van der Waals surface area contributed by atoms with E-state index in [4.69, 9.17) is 11.6 Å². The van der Waals surface area contributed by atoms with Crippen LogP contribution in [0.5, 0.6) is 0 Å². The molecule has 0 radical (unpaired) electrons. The number of sulfonamides is 1. The molecule has 1 aromatic rings. The maximum atomic E-state index is 12.4. The van der Waals surface area contributed by atoms with Gasteiger partial charge in [-0.2, -0.15) is 4.31 Å². The summed E-state index contributed by atoms with van der Waals surface area (Å²) in [5.41, 5.74) is 0.968. The van der Waals surface area contributed by atoms with E-state index in [1.165, 1.54) is 4.31 Å². The van der Waals surface area contributed by atoms with Crippen LogP contribution >= 0.6 is 11.6 Å². The molecule has 18 heavy (non-hydrogen) atoms. The highest BCUT2D eigenvalue weighted by Gasteiger charge is 2.34. The van der Waals surface area contributed by atoms with Crippen molar-refractivity contribution in [2.75, 3.05) is 12.4 Å². The van der Waals surface area contributed by atoms with Gasteiger partial charge in [0.25, 0.3) is 0 Å². The number of alkyl halides is 1. The van der Waals surface area contributed by atoms with Crippen molar-refractivity contribution in [1.82, 2.24) is 4.31 Å². The minimum Gasteiger partial charge on any atom is -0.212 e. The summed E-state index contributed by atoms with van der Waals surface area (Å²) in [5.74, 6) is 0.294. The number of hydrogen-bond donors (Lipinski definition) is 0. The average Bonchev–Trinajstić information content (AvgIpc) is 2.28. The van der Waals surface area contributed by atoms with Gasteiger partial charge in [-0.05, 0) is 26.3 Å². The molecule has 0 unspecified atom stereocenters. The third kappa shape index (κ3) is 3.70. The monoisotopic (exact) mass is 289 g/mol. The summed E-state index contributed by atoms with van der Waals surface area (Å²) in [7, 11) is -3.35. The van der Waals surface area contributed by atoms with Gasteiger partial charge >= 0.3 is 0 Å². The Balaban J connectivity index is 2.98. The SMILES string of the molecule is CC(C)(C)S(=O)(=O)N(CCCl)Cc1ccccc1. The molecule has 0 aliphatic rings. The third-order valence-electron chi connectivity index (χ3n) is 2.65. The summed E-state index contributed by atoms with van der Waals surface area (Å²) in [4.78, 5) is 0. The zero-order valence-corrected chi connectivity index (χ0v) is 12.6. The van der Waals surface area contributed by atoms with Crippen molar-refractivity contribution in [1.29, 1.82) is 0 Å². The lowest BCUT2D eigenvalue weighted by molar-refractivity contribution is 0.406. The molecule has 5 heteroatoms. The maximum absolute atomic E-state index is 12.4. The second-order valence-corrected chi connectivity index (χ2v) is 8.19. The third-order valence-corrected chi connectivity index (χ3v) is 5.36. The first kappa shape index (κ1) is 15.5. The van der Waals surface area contributed by atoms with Gasteiger partial charge in [0, 0.05) is 19.0 Å². The Morgan fingerprint density at radius 2 is 1.72 bits per heavy atom. The number of benzene rings is 1. The lowest BCUT2D eigenvalue weighted by Crippen LogP contribution is -2.43. The minimum absolute atomic E-state index is 0.294. The normalized spacial score (nSPS) is 12.9. The Morgan fingerprint density at radius 3 is 2.17 bits per heavy atom. The van der Waals surface area contributed by atoms with Gasteiger partial charge in [-0.3, -0.25) is 0 Å². The van der Waals surface area contributed by atoms with E-state index in [0.717, 1.165) is 5.56 Å². The minimum atomic E-state index is -3.35. The smallest absolute Gasteiger partial charge is 0.212 e. The summed E-state index contributed by atoms with van der Waals surface area (Å²) in [6.45, 7) is 5.81. The molecule has 0 aliphatic carbocycles. The van der Waals surface area contributed by atoms with Crippen LogP contribution in [-0.2, 0) is 16.6 Å². The fourth-order valence-corrected chi connectivity index (χ4v) is 3.28. The van der Waals surface area contributed by atoms with Crippen molar-refractivity contribution in [3.05, 3.63) is 35.9 Å². The van der Waals surface area contributed by atoms with Gasteiger partial charge in [0.05, 0.1) is 4.75 Å². The predicted molar refractivity (Wildman–Crippen MR) is 76.2 cm³/mol. The average molecular weight is 290 g/mol. The van der Waals surface area contributed by atoms with Crippen molar-refractivity contribution in [3.63, 3.8) is 0 Å². The Bertz CT molecular complexity index is 466. The van der Waals surface area contributed by atoms with E-state index >= 15 is 0 Å². The highest BCUT2D eigenvalue weighted by Crippen LogP contribution is 2.22. The highest BCUT2D eigenvalue weighted by atomic mass is 35.5. The van der Waals surface area contributed by atoms with E-state index < -0.39 is 14.8 Å². The molecule has 1 aromatic carbocycles. The quantitative estimate of drug-likeness (QED) is 0.782. The van der Waals surface area contributed by atoms with Gasteiger partial charge in [0.2, 0.25) is 10.0 Å². The summed E-state index contributed by atoms with van der Waals surface area (Å²) in [6, 6.07) is 9.54. The summed E-state index contributed by atoms with van der Waals surface area (Å²) < 4.78 is 25.5. The maximum Gasteiger partial charge on any atom is 0.219 e. The number of rotatable bonds is 5. The molecule has 0 saturated heterocycles. The topological polar surface area (TPSA) is 37.4 Å². The first-order valence-electron chi connectivity index (χ1n) is 5.88. The van der Waals surface area contributed by atoms with Crippen LogP contribution in [0.15, 0.2) is 30.3 Å². The molecule has 0 saturated carbocycles. The molecule has 3 nitrogen and oxygen atoms in total. The zero-order chi connectivity index (χ0) is 13.8. The largest absolute Gasteiger partial charge is 0.219 e. The van der Waals surface area contributed by atoms with Crippen LogP contribution < -0.4 is 0 Å². The van der Waals surface area contributed by atoms with E-state index in [9.17, 15) is 8.42 Å². The molecule has 0 N–H and O–H groups in total. The molecule has 0 fully saturated rings. The second-order valence-electron chi connectivity index (χ2n) is 5.13. The molecular formula is C13H20ClNO2S. The van der Waals surface area contributed by atoms with Crippen molar-refractivity contribution < 1.29 is 8.42 Å². The van der Waals surface area contributed by atoms with Crippen LogP contribution in [-0.4, -0.2) is 29.9 Å². The predicted octanol–water partition coefficient (Wildman–Crippen LogP) is 2.86. The van der Waals surface area contributed by atoms with Gasteiger partial charge in [-0.15, -0.1) is 11.6 Å². The van der Waals surface area contributed by atoms with Crippen molar-refractivity contribution in [3.8, 4) is 0 Å². The van der Waals surface area contributed by atoms with Crippen molar-refractivity contribution in [2.24, 2.45) is 0 Å². The molecule has 102 valence electrons. The van der Waals surface area contributed by atoms with Gasteiger partial charge in [0.1, 0.15) is 0 Å². The Labute approximate surface area is 115 Å². The molecule has 0 aromatic heterocycles. The van der Waals surface area contributed by atoms with E-state index in [0.29, 0.717) is 19.0 Å². The number of nitrogens with zero attached hydrogens (tertiary/aromatic N) is 1. The lowest BCUT2D eigenvalue weighted by atomic mass is 10.2. The van der Waals surface area contributed by atoms with Crippen LogP contribution in [0.25, 0.3) is 0 Å². The summed E-state index contributed by atoms with van der Waals surface area (Å²) >= 11 is 5.71. The first-order chi connectivity index (χ1) is 8.29. The fraction of sp³-hybridized carbons (Fsp3) is 0.538. The van der Waals surface area contributed by atoms with E-state index in [1.807, 2.05) is 30.3 Å². The molecule has 0 heterocycles. The van der Waals surface area contributed by atoms with E-state index in [1.54, 1.807) is 20.8 Å². The van der Waals surface area contributed by atoms with Crippen molar-refractivity contribution in [2.45, 2.75) is 32.1 Å². The van der Waals surface area contributed by atoms with Gasteiger partial charge < -0.3 is 0 Å². The number of halogens is 1. The molecular weight excluding hydrogens is 270 g/mol. The molecule has 1 rings (SSSR count). The lowest BCUT2D eigenvalue weighted by Gasteiger charge is -2.29. The Kier molecular flexibility index (Phi) is 5.20. The molecule has 0 aliphatic heterocycles. The second kappa shape index (κ2) is 6.04. The molecule has 0 bridgehead atoms. The molecule has 0 spiro atoms. The standard InChI is InChI=1S/C13H20ClNO2S/c1-13(2,3)18(16,17)15(10-9-14)11-12-7-5-4-6-8-12/h4-8H,9-11H2,1-3H3. The molecule has 0 atom stereocenters.